The summed E-state index contributed by atoms with van der Waals surface area (Å²) < 4.78 is 11.0. The Morgan fingerprint density at radius 1 is 1.04 bits per heavy atom. The Balaban J connectivity index is 1.74. The first-order valence-electron chi connectivity index (χ1n) is 9.16. The molecule has 6 nitrogen and oxygen atoms in total. The Morgan fingerprint density at radius 3 is 2.70 bits per heavy atom. The van der Waals surface area contributed by atoms with Gasteiger partial charge >= 0.3 is 0 Å². The number of aromatic nitrogens is 3. The fraction of sp³-hybridized carbons (Fsp3) is 0.286. The monoisotopic (exact) mass is 362 g/mol. The first-order valence-corrected chi connectivity index (χ1v) is 9.16. The van der Waals surface area contributed by atoms with Crippen LogP contribution in [-0.4, -0.2) is 15.1 Å². The fourth-order valence-electron chi connectivity index (χ4n) is 3.03. The highest BCUT2D eigenvalue weighted by Crippen LogP contribution is 2.29. The fourth-order valence-corrected chi connectivity index (χ4v) is 3.03. The van der Waals surface area contributed by atoms with Crippen LogP contribution < -0.4 is 5.32 Å². The van der Waals surface area contributed by atoms with Crippen molar-refractivity contribution in [3.8, 4) is 11.4 Å². The van der Waals surface area contributed by atoms with Crippen molar-refractivity contribution < 1.29 is 8.94 Å². The number of hydrogen-bond donors (Lipinski definition) is 1. The van der Waals surface area contributed by atoms with Crippen LogP contribution in [0.3, 0.4) is 0 Å². The minimum Gasteiger partial charge on any atom is -0.465 e. The van der Waals surface area contributed by atoms with E-state index in [9.17, 15) is 0 Å². The van der Waals surface area contributed by atoms with Gasteiger partial charge in [-0.1, -0.05) is 23.7 Å². The van der Waals surface area contributed by atoms with Gasteiger partial charge in [0.2, 0.25) is 11.7 Å². The number of anilines is 1. The smallest absolute Gasteiger partial charge is 0.226 e. The molecule has 0 fully saturated rings. The maximum Gasteiger partial charge on any atom is 0.226 e. The van der Waals surface area contributed by atoms with Crippen molar-refractivity contribution in [3.63, 3.8) is 0 Å². The topological polar surface area (TPSA) is 77.0 Å². The predicted molar refractivity (Wildman–Crippen MR) is 105 cm³/mol. The number of fused-ring (bicyclic) bond motifs is 1. The average Bonchev–Trinajstić information content (AvgIpc) is 3.28. The van der Waals surface area contributed by atoms with Gasteiger partial charge < -0.3 is 14.3 Å². The molecule has 138 valence electrons. The van der Waals surface area contributed by atoms with Gasteiger partial charge in [0.05, 0.1) is 17.6 Å². The number of benzene rings is 1. The molecule has 3 aromatic heterocycles. The highest BCUT2D eigenvalue weighted by molar-refractivity contribution is 5.88. The number of pyridine rings is 1. The predicted octanol–water partition coefficient (Wildman–Crippen LogP) is 5.06. The molecule has 0 saturated carbocycles. The van der Waals surface area contributed by atoms with Gasteiger partial charge in [-0.25, -0.2) is 4.98 Å². The van der Waals surface area contributed by atoms with E-state index >= 15 is 0 Å². The second kappa shape index (κ2) is 7.23. The molecular formula is C21H22N4O2. The maximum absolute atomic E-state index is 5.65. The van der Waals surface area contributed by atoms with Crippen LogP contribution in [0.25, 0.3) is 22.3 Å². The molecule has 27 heavy (non-hydrogen) atoms. The lowest BCUT2D eigenvalue weighted by atomic mass is 10.1. The molecule has 0 bridgehead atoms. The van der Waals surface area contributed by atoms with Crippen LogP contribution in [0.2, 0.25) is 0 Å². The first-order chi connectivity index (χ1) is 13.1. The van der Waals surface area contributed by atoms with Crippen molar-refractivity contribution in [1.29, 1.82) is 0 Å². The van der Waals surface area contributed by atoms with Crippen molar-refractivity contribution >= 4 is 16.7 Å². The van der Waals surface area contributed by atoms with E-state index in [-0.39, 0.29) is 0 Å². The number of rotatable bonds is 6. The zero-order valence-corrected chi connectivity index (χ0v) is 15.7. The summed E-state index contributed by atoms with van der Waals surface area (Å²) in [6.45, 7) is 6.62. The molecule has 0 aliphatic heterocycles. The second-order valence-electron chi connectivity index (χ2n) is 6.71. The van der Waals surface area contributed by atoms with E-state index in [0.29, 0.717) is 24.1 Å². The number of furan rings is 1. The van der Waals surface area contributed by atoms with Gasteiger partial charge in [0.15, 0.2) is 0 Å². The SMILES string of the molecule is CCCc1nc(-c2cc3cc(C)ccc3nc2NCc2ccc(C)o2)no1. The van der Waals surface area contributed by atoms with Crippen LogP contribution in [0.5, 0.6) is 0 Å². The highest BCUT2D eigenvalue weighted by Gasteiger charge is 2.16. The molecule has 4 aromatic rings. The molecule has 0 radical (unpaired) electrons. The molecule has 4 rings (SSSR count). The van der Waals surface area contributed by atoms with Gasteiger partial charge in [0.1, 0.15) is 17.3 Å². The Labute approximate surface area is 157 Å². The number of nitrogens with zero attached hydrogens (tertiary/aromatic N) is 3. The number of hydrogen-bond acceptors (Lipinski definition) is 6. The third kappa shape index (κ3) is 3.69. The Hall–Kier alpha value is -3.15. The van der Waals surface area contributed by atoms with Crippen LogP contribution in [0.1, 0.15) is 36.3 Å². The van der Waals surface area contributed by atoms with Gasteiger partial charge in [-0.2, -0.15) is 4.98 Å². The van der Waals surface area contributed by atoms with Crippen LogP contribution in [0.15, 0.2) is 45.3 Å². The molecule has 0 saturated heterocycles. The van der Waals surface area contributed by atoms with Gasteiger partial charge in [-0.05, 0) is 50.6 Å². The first kappa shape index (κ1) is 17.3. The molecule has 0 amide bonds. The van der Waals surface area contributed by atoms with E-state index in [1.807, 2.05) is 25.1 Å². The number of nitrogens with one attached hydrogen (secondary N) is 1. The summed E-state index contributed by atoms with van der Waals surface area (Å²) in [7, 11) is 0. The molecule has 0 aliphatic rings. The van der Waals surface area contributed by atoms with Gasteiger partial charge in [-0.3, -0.25) is 0 Å². The van der Waals surface area contributed by atoms with Crippen molar-refractivity contribution in [2.45, 2.75) is 40.2 Å². The van der Waals surface area contributed by atoms with E-state index < -0.39 is 0 Å². The molecule has 3 heterocycles. The quantitative estimate of drug-likeness (QED) is 0.517. The minimum atomic E-state index is 0.533. The lowest BCUT2D eigenvalue weighted by Gasteiger charge is -2.10. The Morgan fingerprint density at radius 2 is 1.93 bits per heavy atom. The molecule has 6 heteroatoms. The van der Waals surface area contributed by atoms with Crippen LogP contribution in [0.4, 0.5) is 5.82 Å². The Bertz CT molecular complexity index is 1080. The standard InChI is InChI=1S/C21H22N4O2/c1-4-5-19-24-21(25-27-19)17-11-15-10-13(2)6-9-18(15)23-20(17)22-12-16-8-7-14(3)26-16/h6-11H,4-5,12H2,1-3H3,(H,22,23). The van der Waals surface area contributed by atoms with Crippen molar-refractivity contribution in [3.05, 3.63) is 59.4 Å². The maximum atomic E-state index is 5.65. The normalized spacial score (nSPS) is 11.2. The highest BCUT2D eigenvalue weighted by atomic mass is 16.5. The largest absolute Gasteiger partial charge is 0.465 e. The summed E-state index contributed by atoms with van der Waals surface area (Å²) in [5.74, 6) is 3.64. The summed E-state index contributed by atoms with van der Waals surface area (Å²) in [5, 5.41) is 8.57. The van der Waals surface area contributed by atoms with Crippen molar-refractivity contribution in [2.75, 3.05) is 5.32 Å². The third-order valence-electron chi connectivity index (χ3n) is 4.37. The molecular weight excluding hydrogens is 340 g/mol. The zero-order chi connectivity index (χ0) is 18.8. The van der Waals surface area contributed by atoms with Gasteiger partial charge in [0, 0.05) is 11.8 Å². The average molecular weight is 362 g/mol. The summed E-state index contributed by atoms with van der Waals surface area (Å²) in [6, 6.07) is 12.2. The van der Waals surface area contributed by atoms with Crippen LogP contribution in [0, 0.1) is 13.8 Å². The molecule has 0 spiro atoms. The summed E-state index contributed by atoms with van der Waals surface area (Å²) in [6.07, 6.45) is 1.72. The molecule has 1 N–H and O–H groups in total. The lowest BCUT2D eigenvalue weighted by molar-refractivity contribution is 0.378. The van der Waals surface area contributed by atoms with Crippen LogP contribution >= 0.6 is 0 Å². The third-order valence-corrected chi connectivity index (χ3v) is 4.37. The van der Waals surface area contributed by atoms with E-state index in [2.05, 4.69) is 47.5 Å². The van der Waals surface area contributed by atoms with E-state index in [1.165, 1.54) is 5.56 Å². The zero-order valence-electron chi connectivity index (χ0n) is 15.7. The van der Waals surface area contributed by atoms with Crippen molar-refractivity contribution in [1.82, 2.24) is 15.1 Å². The molecule has 1 aromatic carbocycles. The van der Waals surface area contributed by atoms with E-state index in [4.69, 9.17) is 13.9 Å². The van der Waals surface area contributed by atoms with E-state index in [1.54, 1.807) is 0 Å². The summed E-state index contributed by atoms with van der Waals surface area (Å²) >= 11 is 0. The Kier molecular flexibility index (Phi) is 4.62. The molecule has 0 atom stereocenters. The lowest BCUT2D eigenvalue weighted by Crippen LogP contribution is -2.03. The van der Waals surface area contributed by atoms with Crippen LogP contribution in [-0.2, 0) is 13.0 Å². The molecule has 0 aliphatic carbocycles. The van der Waals surface area contributed by atoms with Crippen molar-refractivity contribution in [2.24, 2.45) is 0 Å². The molecule has 0 unspecified atom stereocenters. The van der Waals surface area contributed by atoms with Gasteiger partial charge in [-0.15, -0.1) is 0 Å². The second-order valence-corrected chi connectivity index (χ2v) is 6.71. The summed E-state index contributed by atoms with van der Waals surface area (Å²) in [5.41, 5.74) is 2.92. The van der Waals surface area contributed by atoms with E-state index in [0.717, 1.165) is 40.8 Å². The van der Waals surface area contributed by atoms with Gasteiger partial charge in [0.25, 0.3) is 0 Å². The minimum absolute atomic E-state index is 0.533. The number of aryl methyl sites for hydroxylation is 3. The summed E-state index contributed by atoms with van der Waals surface area (Å²) in [4.78, 5) is 9.33.